The lowest BCUT2D eigenvalue weighted by Crippen LogP contribution is -2.15. The van der Waals surface area contributed by atoms with Crippen molar-refractivity contribution in [3.05, 3.63) is 59.2 Å². The lowest BCUT2D eigenvalue weighted by atomic mass is 10.2. The maximum Gasteiger partial charge on any atom is 0.360 e. The van der Waals surface area contributed by atoms with Gasteiger partial charge in [-0.05, 0) is 42.3 Å². The largest absolute Gasteiger partial charge is 0.461 e. The number of halogens is 1. The molecule has 0 saturated carbocycles. The molecule has 3 aromatic rings. The van der Waals surface area contributed by atoms with Gasteiger partial charge in [0.2, 0.25) is 0 Å². The van der Waals surface area contributed by atoms with Crippen LogP contribution in [0.15, 0.2) is 48.5 Å². The molecule has 0 aliphatic carbocycles. The summed E-state index contributed by atoms with van der Waals surface area (Å²) < 4.78 is 5.33. The van der Waals surface area contributed by atoms with Gasteiger partial charge < -0.3 is 10.1 Å². The van der Waals surface area contributed by atoms with Crippen LogP contribution >= 0.6 is 11.6 Å². The maximum atomic E-state index is 12.5. The first-order valence-electron chi connectivity index (χ1n) is 7.99. The molecule has 1 aromatic heterocycles. The number of hydrogen-bond acceptors (Lipinski definition) is 5. The minimum Gasteiger partial charge on any atom is -0.461 e. The molecule has 3 rings (SSSR count). The van der Waals surface area contributed by atoms with Crippen LogP contribution in [0.5, 0.6) is 0 Å². The van der Waals surface area contributed by atoms with Gasteiger partial charge in [0.05, 0.1) is 17.6 Å². The van der Waals surface area contributed by atoms with Crippen molar-refractivity contribution in [2.75, 3.05) is 11.9 Å². The zero-order chi connectivity index (χ0) is 17.8. The first-order chi connectivity index (χ1) is 12.0. The van der Waals surface area contributed by atoms with E-state index in [-0.39, 0.29) is 11.6 Å². The predicted molar refractivity (Wildman–Crippen MR) is 99.4 cm³/mol. The fraction of sp³-hybridized carbons (Fsp3) is 0.211. The Balaban J connectivity index is 1.99. The summed E-state index contributed by atoms with van der Waals surface area (Å²) in [4.78, 5) is 21.4. The molecule has 0 atom stereocenters. The van der Waals surface area contributed by atoms with Gasteiger partial charge in [0.15, 0.2) is 11.5 Å². The number of para-hydroxylation sites is 2. The molecule has 2 aromatic carbocycles. The molecule has 0 amide bonds. The molecular formula is C19H18ClN3O2. The van der Waals surface area contributed by atoms with Gasteiger partial charge in [-0.1, -0.05) is 37.6 Å². The molecule has 1 heterocycles. The van der Waals surface area contributed by atoms with Crippen LogP contribution in [-0.2, 0) is 4.74 Å². The van der Waals surface area contributed by atoms with Gasteiger partial charge in [-0.3, -0.25) is 0 Å². The van der Waals surface area contributed by atoms with Crippen molar-refractivity contribution in [2.45, 2.75) is 13.8 Å². The van der Waals surface area contributed by atoms with Crippen molar-refractivity contribution >= 4 is 40.1 Å². The second-order valence-corrected chi connectivity index (χ2v) is 6.47. The molecule has 0 saturated heterocycles. The molecule has 0 unspecified atom stereocenters. The Morgan fingerprint density at radius 3 is 2.36 bits per heavy atom. The highest BCUT2D eigenvalue weighted by atomic mass is 35.5. The number of nitrogens with zero attached hydrogens (tertiary/aromatic N) is 2. The highest BCUT2D eigenvalue weighted by Gasteiger charge is 2.18. The van der Waals surface area contributed by atoms with Crippen LogP contribution in [0.25, 0.3) is 11.0 Å². The number of aromatic nitrogens is 2. The van der Waals surface area contributed by atoms with E-state index in [1.54, 1.807) is 12.1 Å². The van der Waals surface area contributed by atoms with Gasteiger partial charge in [-0.15, -0.1) is 0 Å². The normalized spacial score (nSPS) is 10.9. The van der Waals surface area contributed by atoms with Crippen LogP contribution in [0.1, 0.15) is 24.3 Å². The van der Waals surface area contributed by atoms with E-state index in [1.165, 1.54) is 0 Å². The zero-order valence-corrected chi connectivity index (χ0v) is 14.7. The Kier molecular flexibility index (Phi) is 5.14. The van der Waals surface area contributed by atoms with E-state index in [2.05, 4.69) is 15.3 Å². The number of carbonyl (C=O) groups excluding carboxylic acids is 1. The van der Waals surface area contributed by atoms with Crippen molar-refractivity contribution in [1.29, 1.82) is 0 Å². The smallest absolute Gasteiger partial charge is 0.360 e. The predicted octanol–water partition coefficient (Wildman–Crippen LogP) is 4.84. The van der Waals surface area contributed by atoms with Gasteiger partial charge >= 0.3 is 5.97 Å². The van der Waals surface area contributed by atoms with Crippen LogP contribution in [0, 0.1) is 5.92 Å². The third-order valence-electron chi connectivity index (χ3n) is 3.42. The number of anilines is 2. The summed E-state index contributed by atoms with van der Waals surface area (Å²) in [6, 6.07) is 14.5. The summed E-state index contributed by atoms with van der Waals surface area (Å²) in [5, 5.41) is 3.76. The summed E-state index contributed by atoms with van der Waals surface area (Å²) in [6.07, 6.45) is 0. The van der Waals surface area contributed by atoms with Crippen LogP contribution in [-0.4, -0.2) is 22.5 Å². The number of carbonyl (C=O) groups is 1. The summed E-state index contributed by atoms with van der Waals surface area (Å²) in [7, 11) is 0. The number of rotatable bonds is 5. The molecule has 128 valence electrons. The Morgan fingerprint density at radius 2 is 1.72 bits per heavy atom. The molecule has 5 nitrogen and oxygen atoms in total. The van der Waals surface area contributed by atoms with Gasteiger partial charge in [0, 0.05) is 10.7 Å². The first kappa shape index (κ1) is 17.2. The molecule has 6 heteroatoms. The number of ether oxygens (including phenoxy) is 1. The van der Waals surface area contributed by atoms with E-state index in [4.69, 9.17) is 16.3 Å². The van der Waals surface area contributed by atoms with Gasteiger partial charge in [-0.25, -0.2) is 14.8 Å². The zero-order valence-electron chi connectivity index (χ0n) is 14.0. The van der Waals surface area contributed by atoms with E-state index >= 15 is 0 Å². The van der Waals surface area contributed by atoms with Crippen LogP contribution in [0.4, 0.5) is 11.5 Å². The van der Waals surface area contributed by atoms with E-state index in [9.17, 15) is 4.79 Å². The summed E-state index contributed by atoms with van der Waals surface area (Å²) in [5.41, 5.74) is 2.25. The second kappa shape index (κ2) is 7.49. The Bertz CT molecular complexity index is 895. The lowest BCUT2D eigenvalue weighted by Gasteiger charge is -2.12. The van der Waals surface area contributed by atoms with Crippen molar-refractivity contribution in [3.8, 4) is 0 Å². The molecule has 25 heavy (non-hydrogen) atoms. The van der Waals surface area contributed by atoms with Crippen LogP contribution in [0.3, 0.4) is 0 Å². The summed E-state index contributed by atoms with van der Waals surface area (Å²) in [6.45, 7) is 4.28. The van der Waals surface area contributed by atoms with Crippen molar-refractivity contribution < 1.29 is 9.53 Å². The van der Waals surface area contributed by atoms with Gasteiger partial charge in [-0.2, -0.15) is 0 Å². The molecule has 0 aliphatic rings. The van der Waals surface area contributed by atoms with Gasteiger partial charge in [0.25, 0.3) is 0 Å². The quantitative estimate of drug-likeness (QED) is 0.663. The monoisotopic (exact) mass is 355 g/mol. The molecule has 0 radical (unpaired) electrons. The highest BCUT2D eigenvalue weighted by molar-refractivity contribution is 6.30. The standard InChI is InChI=1S/C19H18ClN3O2/c1-12(2)11-25-19(24)17-18(21-14-9-7-13(20)8-10-14)23-16-6-4-3-5-15(16)22-17/h3-10,12H,11H2,1-2H3,(H,21,23). The number of esters is 1. The average molecular weight is 356 g/mol. The van der Waals surface area contributed by atoms with E-state index in [1.807, 2.05) is 50.2 Å². The Hall–Kier alpha value is -2.66. The number of hydrogen-bond donors (Lipinski definition) is 1. The third-order valence-corrected chi connectivity index (χ3v) is 3.67. The Morgan fingerprint density at radius 1 is 1.08 bits per heavy atom. The second-order valence-electron chi connectivity index (χ2n) is 6.03. The Labute approximate surface area is 151 Å². The topological polar surface area (TPSA) is 64.1 Å². The molecule has 0 spiro atoms. The fourth-order valence-electron chi connectivity index (χ4n) is 2.21. The summed E-state index contributed by atoms with van der Waals surface area (Å²) >= 11 is 5.92. The van der Waals surface area contributed by atoms with E-state index in [0.717, 1.165) is 5.69 Å². The maximum absolute atomic E-state index is 12.5. The highest BCUT2D eigenvalue weighted by Crippen LogP contribution is 2.23. The van der Waals surface area contributed by atoms with E-state index in [0.29, 0.717) is 28.5 Å². The number of nitrogens with one attached hydrogen (secondary N) is 1. The minimum atomic E-state index is -0.497. The molecule has 1 N–H and O–H groups in total. The van der Waals surface area contributed by atoms with E-state index < -0.39 is 5.97 Å². The van der Waals surface area contributed by atoms with Crippen molar-refractivity contribution in [2.24, 2.45) is 5.92 Å². The SMILES string of the molecule is CC(C)COC(=O)c1nc2ccccc2nc1Nc1ccc(Cl)cc1. The number of fused-ring (bicyclic) bond motifs is 1. The summed E-state index contributed by atoms with van der Waals surface area (Å²) in [5.74, 6) is 0.100. The van der Waals surface area contributed by atoms with Crippen molar-refractivity contribution in [1.82, 2.24) is 9.97 Å². The van der Waals surface area contributed by atoms with Gasteiger partial charge in [0.1, 0.15) is 0 Å². The average Bonchev–Trinajstić information content (AvgIpc) is 2.61. The molecule has 0 bridgehead atoms. The lowest BCUT2D eigenvalue weighted by molar-refractivity contribution is 0.0453. The number of benzene rings is 2. The van der Waals surface area contributed by atoms with Crippen molar-refractivity contribution in [3.63, 3.8) is 0 Å². The third kappa shape index (κ3) is 4.25. The molecular weight excluding hydrogens is 338 g/mol. The van der Waals surface area contributed by atoms with Crippen LogP contribution in [0.2, 0.25) is 5.02 Å². The van der Waals surface area contributed by atoms with Crippen LogP contribution < -0.4 is 5.32 Å². The first-order valence-corrected chi connectivity index (χ1v) is 8.37. The molecule has 0 aliphatic heterocycles. The molecule has 0 fully saturated rings. The minimum absolute atomic E-state index is 0.161. The fourth-order valence-corrected chi connectivity index (χ4v) is 2.34.